The van der Waals surface area contributed by atoms with Crippen LogP contribution in [0.5, 0.6) is 0 Å². The van der Waals surface area contributed by atoms with Crippen LogP contribution in [0, 0.1) is 5.92 Å². The minimum atomic E-state index is 0.0856. The van der Waals surface area contributed by atoms with Crippen molar-refractivity contribution in [3.8, 4) is 0 Å². The summed E-state index contributed by atoms with van der Waals surface area (Å²) in [6.45, 7) is 0.868. The van der Waals surface area contributed by atoms with E-state index in [0.717, 1.165) is 24.3 Å². The van der Waals surface area contributed by atoms with Gasteiger partial charge in [0.05, 0.1) is 10.6 Å². The van der Waals surface area contributed by atoms with Crippen molar-refractivity contribution in [3.05, 3.63) is 28.8 Å². The first-order valence-corrected chi connectivity index (χ1v) is 8.29. The van der Waals surface area contributed by atoms with Gasteiger partial charge in [-0.15, -0.1) is 12.6 Å². The lowest BCUT2D eigenvalue weighted by Crippen LogP contribution is -2.49. The highest BCUT2D eigenvalue weighted by atomic mass is 35.5. The van der Waals surface area contributed by atoms with Crippen molar-refractivity contribution in [3.63, 3.8) is 0 Å². The van der Waals surface area contributed by atoms with E-state index in [2.05, 4.69) is 17.5 Å². The van der Waals surface area contributed by atoms with Crippen LogP contribution in [-0.4, -0.2) is 23.4 Å². The number of halogens is 1. The fourth-order valence-corrected chi connectivity index (χ4v) is 4.11. The Kier molecular flexibility index (Phi) is 4.27. The Morgan fingerprint density at radius 2 is 1.95 bits per heavy atom. The molecule has 2 unspecified atom stereocenters. The lowest BCUT2D eigenvalue weighted by atomic mass is 9.78. The fourth-order valence-electron chi connectivity index (χ4n) is 3.71. The molecule has 1 aromatic carbocycles. The average Bonchev–Trinajstić information content (AvgIpc) is 2.48. The maximum Gasteiger partial charge on any atom is 0.255 e. The molecule has 0 bridgehead atoms. The Balaban J connectivity index is 1.87. The van der Waals surface area contributed by atoms with Gasteiger partial charge in [0.25, 0.3) is 5.91 Å². The van der Waals surface area contributed by atoms with Crippen molar-refractivity contribution < 1.29 is 4.79 Å². The second-order valence-electron chi connectivity index (χ2n) is 5.92. The molecule has 0 N–H and O–H groups in total. The molecule has 1 amide bonds. The topological polar surface area (TPSA) is 20.3 Å². The quantitative estimate of drug-likeness (QED) is 0.761. The standard InChI is InChI=1S/C16H20ClNOS/c17-14-8-7-12(20)10-13(14)16(19)18-9-3-5-11-4-1-2-6-15(11)18/h7-8,10-11,15,20H,1-6,9H2. The largest absolute Gasteiger partial charge is 0.335 e. The Morgan fingerprint density at radius 1 is 1.20 bits per heavy atom. The van der Waals surface area contributed by atoms with Gasteiger partial charge in [0.2, 0.25) is 0 Å². The number of nitrogens with zero attached hydrogens (tertiary/aromatic N) is 1. The van der Waals surface area contributed by atoms with Crippen LogP contribution in [0.25, 0.3) is 0 Å². The lowest BCUT2D eigenvalue weighted by molar-refractivity contribution is 0.0390. The lowest BCUT2D eigenvalue weighted by Gasteiger charge is -2.44. The molecule has 2 nitrogen and oxygen atoms in total. The highest BCUT2D eigenvalue weighted by Crippen LogP contribution is 2.36. The number of thiol groups is 1. The molecule has 20 heavy (non-hydrogen) atoms. The summed E-state index contributed by atoms with van der Waals surface area (Å²) in [5.41, 5.74) is 0.602. The Bertz CT molecular complexity index is 517. The molecule has 2 atom stereocenters. The Hall–Kier alpha value is -0.670. The van der Waals surface area contributed by atoms with E-state index < -0.39 is 0 Å². The summed E-state index contributed by atoms with van der Waals surface area (Å²) in [5, 5.41) is 0.533. The van der Waals surface area contributed by atoms with E-state index in [1.54, 1.807) is 12.1 Å². The molecular weight excluding hydrogens is 290 g/mol. The predicted octanol–water partition coefficient (Wildman–Crippen LogP) is 4.42. The van der Waals surface area contributed by atoms with Crippen LogP contribution < -0.4 is 0 Å². The van der Waals surface area contributed by atoms with Crippen LogP contribution in [0.4, 0.5) is 0 Å². The molecule has 0 spiro atoms. The third-order valence-electron chi connectivity index (χ3n) is 4.68. The van der Waals surface area contributed by atoms with Gasteiger partial charge in [0.1, 0.15) is 0 Å². The molecule has 2 fully saturated rings. The van der Waals surface area contributed by atoms with Crippen molar-refractivity contribution >= 4 is 30.1 Å². The number of fused-ring (bicyclic) bond motifs is 1. The maximum atomic E-state index is 12.8. The minimum absolute atomic E-state index is 0.0856. The van der Waals surface area contributed by atoms with Crippen molar-refractivity contribution in [1.82, 2.24) is 4.90 Å². The van der Waals surface area contributed by atoms with Gasteiger partial charge < -0.3 is 4.90 Å². The normalized spacial score (nSPS) is 26.2. The summed E-state index contributed by atoms with van der Waals surface area (Å²) >= 11 is 10.5. The van der Waals surface area contributed by atoms with E-state index in [1.807, 2.05) is 6.07 Å². The Labute approximate surface area is 130 Å². The molecule has 1 saturated carbocycles. The second kappa shape index (κ2) is 5.98. The highest BCUT2D eigenvalue weighted by Gasteiger charge is 2.36. The average molecular weight is 310 g/mol. The summed E-state index contributed by atoms with van der Waals surface area (Å²) in [5.74, 6) is 0.780. The second-order valence-corrected chi connectivity index (χ2v) is 6.84. The van der Waals surface area contributed by atoms with Crippen molar-refractivity contribution in [2.45, 2.75) is 49.5 Å². The van der Waals surface area contributed by atoms with E-state index in [9.17, 15) is 4.79 Å². The van der Waals surface area contributed by atoms with Crippen LogP contribution in [-0.2, 0) is 0 Å². The monoisotopic (exact) mass is 309 g/mol. The number of rotatable bonds is 1. The number of hydrogen-bond donors (Lipinski definition) is 1. The van der Waals surface area contributed by atoms with Gasteiger partial charge in [-0.3, -0.25) is 4.79 Å². The van der Waals surface area contributed by atoms with Gasteiger partial charge in [-0.05, 0) is 49.8 Å². The van der Waals surface area contributed by atoms with Gasteiger partial charge in [0.15, 0.2) is 0 Å². The zero-order valence-electron chi connectivity index (χ0n) is 11.5. The number of hydrogen-bond acceptors (Lipinski definition) is 2. The van der Waals surface area contributed by atoms with Crippen LogP contribution in [0.3, 0.4) is 0 Å². The number of amides is 1. The van der Waals surface area contributed by atoms with E-state index in [0.29, 0.717) is 22.5 Å². The molecule has 2 aliphatic rings. The third-order valence-corrected chi connectivity index (χ3v) is 5.29. The molecular formula is C16H20ClNOS. The van der Waals surface area contributed by atoms with E-state index in [1.165, 1.54) is 25.7 Å². The molecule has 0 radical (unpaired) electrons. The van der Waals surface area contributed by atoms with E-state index in [-0.39, 0.29) is 5.91 Å². The summed E-state index contributed by atoms with van der Waals surface area (Å²) in [6.07, 6.45) is 7.37. The zero-order valence-corrected chi connectivity index (χ0v) is 13.2. The Morgan fingerprint density at radius 3 is 2.80 bits per heavy atom. The molecule has 1 aliphatic heterocycles. The summed E-state index contributed by atoms with van der Waals surface area (Å²) < 4.78 is 0. The van der Waals surface area contributed by atoms with Crippen LogP contribution in [0.15, 0.2) is 23.1 Å². The van der Waals surface area contributed by atoms with Gasteiger partial charge >= 0.3 is 0 Å². The maximum absolute atomic E-state index is 12.8. The zero-order chi connectivity index (χ0) is 14.1. The van der Waals surface area contributed by atoms with Gasteiger partial charge in [-0.1, -0.05) is 24.4 Å². The number of carbonyl (C=O) groups excluding carboxylic acids is 1. The highest BCUT2D eigenvalue weighted by molar-refractivity contribution is 7.80. The van der Waals surface area contributed by atoms with Crippen LogP contribution in [0.1, 0.15) is 48.9 Å². The van der Waals surface area contributed by atoms with Gasteiger partial charge in [0, 0.05) is 17.5 Å². The first-order chi connectivity index (χ1) is 9.66. The van der Waals surface area contributed by atoms with Crippen molar-refractivity contribution in [1.29, 1.82) is 0 Å². The molecule has 1 aliphatic carbocycles. The number of benzene rings is 1. The molecule has 4 heteroatoms. The van der Waals surface area contributed by atoms with Gasteiger partial charge in [-0.25, -0.2) is 0 Å². The molecule has 1 heterocycles. The molecule has 0 aromatic heterocycles. The molecule has 108 valence electrons. The van der Waals surface area contributed by atoms with Gasteiger partial charge in [-0.2, -0.15) is 0 Å². The molecule has 3 rings (SSSR count). The van der Waals surface area contributed by atoms with E-state index >= 15 is 0 Å². The fraction of sp³-hybridized carbons (Fsp3) is 0.562. The number of piperidine rings is 1. The van der Waals surface area contributed by atoms with Crippen molar-refractivity contribution in [2.24, 2.45) is 5.92 Å². The first-order valence-electron chi connectivity index (χ1n) is 7.46. The summed E-state index contributed by atoms with van der Waals surface area (Å²) in [6, 6.07) is 5.80. The van der Waals surface area contributed by atoms with E-state index in [4.69, 9.17) is 11.6 Å². The smallest absolute Gasteiger partial charge is 0.255 e. The van der Waals surface area contributed by atoms with Crippen LogP contribution >= 0.6 is 24.2 Å². The molecule has 1 aromatic rings. The first kappa shape index (κ1) is 14.3. The number of carbonyl (C=O) groups is 1. The summed E-state index contributed by atoms with van der Waals surface area (Å²) in [7, 11) is 0. The number of likely N-dealkylation sites (tertiary alicyclic amines) is 1. The van der Waals surface area contributed by atoms with Crippen LogP contribution in [0.2, 0.25) is 5.02 Å². The third kappa shape index (κ3) is 2.71. The predicted molar refractivity (Wildman–Crippen MR) is 84.7 cm³/mol. The SMILES string of the molecule is O=C(c1cc(S)ccc1Cl)N1CCCC2CCCCC21. The molecule has 1 saturated heterocycles. The minimum Gasteiger partial charge on any atom is -0.335 e. The summed E-state index contributed by atoms with van der Waals surface area (Å²) in [4.78, 5) is 15.7. The van der Waals surface area contributed by atoms with Crippen molar-refractivity contribution in [2.75, 3.05) is 6.54 Å².